The van der Waals surface area contributed by atoms with E-state index >= 15 is 0 Å². The third-order valence-electron chi connectivity index (χ3n) is 6.42. The number of para-hydroxylation sites is 1. The summed E-state index contributed by atoms with van der Waals surface area (Å²) in [5.41, 5.74) is 7.47. The summed E-state index contributed by atoms with van der Waals surface area (Å²) in [6.45, 7) is 6.59. The van der Waals surface area contributed by atoms with Gasteiger partial charge in [-0.15, -0.1) is 0 Å². The molecule has 1 aromatic heterocycles. The van der Waals surface area contributed by atoms with Gasteiger partial charge in [-0.2, -0.15) is 0 Å². The van der Waals surface area contributed by atoms with E-state index < -0.39 is 0 Å². The summed E-state index contributed by atoms with van der Waals surface area (Å²) in [6, 6.07) is 26.1. The van der Waals surface area contributed by atoms with E-state index in [0.29, 0.717) is 19.8 Å². The maximum atomic E-state index is 6.12. The van der Waals surface area contributed by atoms with Crippen molar-refractivity contribution in [1.82, 2.24) is 9.88 Å². The Balaban J connectivity index is 1.39. The maximum Gasteiger partial charge on any atom is 0.122 e. The quantitative estimate of drug-likeness (QED) is 0.394. The molecule has 3 aromatic carbocycles. The maximum absolute atomic E-state index is 6.12. The summed E-state index contributed by atoms with van der Waals surface area (Å²) in [7, 11) is 0. The van der Waals surface area contributed by atoms with Crippen molar-refractivity contribution in [1.29, 1.82) is 0 Å². The zero-order valence-corrected chi connectivity index (χ0v) is 19.9. The van der Waals surface area contributed by atoms with E-state index in [9.17, 15) is 0 Å². The minimum atomic E-state index is 0.563. The average Bonchev–Trinajstić information content (AvgIpc) is 2.86. The van der Waals surface area contributed by atoms with Crippen molar-refractivity contribution in [2.75, 3.05) is 26.4 Å². The van der Waals surface area contributed by atoms with Crippen LogP contribution in [0.3, 0.4) is 0 Å². The van der Waals surface area contributed by atoms with Gasteiger partial charge in [-0.1, -0.05) is 61.5 Å². The Bertz CT molecular complexity index is 1250. The minimum absolute atomic E-state index is 0.563. The Labute approximate surface area is 202 Å². The van der Waals surface area contributed by atoms with Crippen LogP contribution in [-0.4, -0.2) is 36.2 Å². The van der Waals surface area contributed by atoms with Gasteiger partial charge in [0, 0.05) is 37.6 Å². The standard InChI is InChI=1S/C30H32N2O2/c1-2-23-10-11-30-28(17-23)18-24-6-5-7-25(16-24)21-32(12-13-33-14-15-34-30)22-26-19-27-8-3-4-9-29(27)31-20-26/h3-11,16-17,19-20H,2,12-15,18,21-22H2,1H3. The molecule has 2 heterocycles. The van der Waals surface area contributed by atoms with Crippen LogP contribution in [0.4, 0.5) is 0 Å². The van der Waals surface area contributed by atoms with Gasteiger partial charge in [0.15, 0.2) is 0 Å². The second kappa shape index (κ2) is 10.8. The molecule has 0 radical (unpaired) electrons. The Kier molecular flexibility index (Phi) is 7.18. The number of hydrogen-bond donors (Lipinski definition) is 0. The average molecular weight is 453 g/mol. The molecule has 0 fully saturated rings. The summed E-state index contributed by atoms with van der Waals surface area (Å²) in [5.74, 6) is 0.966. The highest BCUT2D eigenvalue weighted by molar-refractivity contribution is 5.78. The monoisotopic (exact) mass is 452 g/mol. The number of hydrogen-bond acceptors (Lipinski definition) is 4. The van der Waals surface area contributed by atoms with Crippen molar-refractivity contribution in [2.24, 2.45) is 0 Å². The van der Waals surface area contributed by atoms with Gasteiger partial charge in [0.2, 0.25) is 0 Å². The number of nitrogens with zero attached hydrogens (tertiary/aromatic N) is 2. The fraction of sp³-hybridized carbons (Fsp3) is 0.300. The number of pyridine rings is 1. The molecule has 5 rings (SSSR count). The normalized spacial score (nSPS) is 15.3. The van der Waals surface area contributed by atoms with Gasteiger partial charge in [0.1, 0.15) is 12.4 Å². The summed E-state index contributed by atoms with van der Waals surface area (Å²) in [4.78, 5) is 7.10. The Morgan fingerprint density at radius 2 is 1.76 bits per heavy atom. The predicted molar refractivity (Wildman–Crippen MR) is 137 cm³/mol. The van der Waals surface area contributed by atoms with Crippen LogP contribution in [-0.2, 0) is 30.7 Å². The van der Waals surface area contributed by atoms with Crippen molar-refractivity contribution in [3.63, 3.8) is 0 Å². The molecule has 4 aromatic rings. The molecule has 0 atom stereocenters. The molecule has 0 spiro atoms. The number of ether oxygens (including phenoxy) is 2. The lowest BCUT2D eigenvalue weighted by atomic mass is 9.99. The molecule has 2 bridgehead atoms. The summed E-state index contributed by atoms with van der Waals surface area (Å²) in [5, 5.41) is 1.18. The highest BCUT2D eigenvalue weighted by Gasteiger charge is 2.12. The lowest BCUT2D eigenvalue weighted by molar-refractivity contribution is 0.0757. The largest absolute Gasteiger partial charge is 0.491 e. The molecule has 174 valence electrons. The first kappa shape index (κ1) is 22.6. The molecule has 0 saturated carbocycles. The molecule has 1 aliphatic rings. The second-order valence-corrected chi connectivity index (χ2v) is 9.00. The predicted octanol–water partition coefficient (Wildman–Crippen LogP) is 5.80. The van der Waals surface area contributed by atoms with Crippen molar-refractivity contribution >= 4 is 10.9 Å². The summed E-state index contributed by atoms with van der Waals surface area (Å²) < 4.78 is 12.1. The van der Waals surface area contributed by atoms with Gasteiger partial charge in [0.05, 0.1) is 18.7 Å². The van der Waals surface area contributed by atoms with Crippen LogP contribution in [0.25, 0.3) is 10.9 Å². The fourth-order valence-electron chi connectivity index (χ4n) is 4.63. The number of aromatic nitrogens is 1. The van der Waals surface area contributed by atoms with Crippen LogP contribution < -0.4 is 4.74 Å². The van der Waals surface area contributed by atoms with Crippen molar-refractivity contribution < 1.29 is 9.47 Å². The van der Waals surface area contributed by atoms with Crippen LogP contribution in [0.2, 0.25) is 0 Å². The van der Waals surface area contributed by atoms with E-state index in [1.807, 2.05) is 12.3 Å². The highest BCUT2D eigenvalue weighted by atomic mass is 16.5. The molecule has 0 saturated heterocycles. The molecule has 0 aliphatic carbocycles. The zero-order chi connectivity index (χ0) is 23.2. The van der Waals surface area contributed by atoms with E-state index in [2.05, 4.69) is 83.5 Å². The summed E-state index contributed by atoms with van der Waals surface area (Å²) in [6.07, 6.45) is 3.89. The molecular weight excluding hydrogens is 420 g/mol. The van der Waals surface area contributed by atoms with Gasteiger partial charge in [-0.05, 0) is 52.4 Å². The second-order valence-electron chi connectivity index (χ2n) is 9.00. The van der Waals surface area contributed by atoms with E-state index in [1.165, 1.54) is 33.2 Å². The fourth-order valence-corrected chi connectivity index (χ4v) is 4.63. The minimum Gasteiger partial charge on any atom is -0.491 e. The molecule has 1 aliphatic heterocycles. The van der Waals surface area contributed by atoms with Crippen molar-refractivity contribution in [2.45, 2.75) is 32.9 Å². The first-order valence-electron chi connectivity index (χ1n) is 12.2. The first-order chi connectivity index (χ1) is 16.8. The summed E-state index contributed by atoms with van der Waals surface area (Å²) >= 11 is 0. The zero-order valence-electron chi connectivity index (χ0n) is 19.9. The highest BCUT2D eigenvalue weighted by Crippen LogP contribution is 2.25. The number of rotatable bonds is 3. The van der Waals surface area contributed by atoms with Crippen LogP contribution in [0.15, 0.2) is 79.0 Å². The van der Waals surface area contributed by atoms with Crippen LogP contribution in [0.5, 0.6) is 5.75 Å². The molecule has 4 heteroatoms. The van der Waals surface area contributed by atoms with E-state index in [0.717, 1.165) is 43.7 Å². The van der Waals surface area contributed by atoms with Crippen molar-refractivity contribution in [3.8, 4) is 5.75 Å². The molecule has 0 unspecified atom stereocenters. The first-order valence-corrected chi connectivity index (χ1v) is 12.2. The van der Waals surface area contributed by atoms with Crippen molar-refractivity contribution in [3.05, 3.63) is 107 Å². The van der Waals surface area contributed by atoms with Gasteiger partial charge in [-0.3, -0.25) is 9.88 Å². The molecule has 34 heavy (non-hydrogen) atoms. The topological polar surface area (TPSA) is 34.6 Å². The van der Waals surface area contributed by atoms with E-state index in [1.54, 1.807) is 0 Å². The number of fused-ring (bicyclic) bond motifs is 4. The SMILES string of the molecule is CCc1ccc2c(c1)Cc1cccc(c1)CN(Cc1cnc3ccccc3c1)CCOCCO2. The van der Waals surface area contributed by atoms with Gasteiger partial charge < -0.3 is 9.47 Å². The number of aryl methyl sites for hydroxylation is 1. The Hall–Kier alpha value is -3.21. The molecular formula is C30H32N2O2. The van der Waals surface area contributed by atoms with E-state index in [-0.39, 0.29) is 0 Å². The van der Waals surface area contributed by atoms with Crippen LogP contribution >= 0.6 is 0 Å². The van der Waals surface area contributed by atoms with Gasteiger partial charge >= 0.3 is 0 Å². The Morgan fingerprint density at radius 3 is 2.71 bits per heavy atom. The third-order valence-corrected chi connectivity index (χ3v) is 6.42. The lowest BCUT2D eigenvalue weighted by Gasteiger charge is -2.23. The lowest BCUT2D eigenvalue weighted by Crippen LogP contribution is -2.27. The van der Waals surface area contributed by atoms with Gasteiger partial charge in [-0.25, -0.2) is 0 Å². The van der Waals surface area contributed by atoms with E-state index in [4.69, 9.17) is 9.47 Å². The van der Waals surface area contributed by atoms with Gasteiger partial charge in [0.25, 0.3) is 0 Å². The molecule has 4 nitrogen and oxygen atoms in total. The molecule has 0 N–H and O–H groups in total. The Morgan fingerprint density at radius 1 is 0.853 bits per heavy atom. The smallest absolute Gasteiger partial charge is 0.122 e. The number of benzene rings is 3. The van der Waals surface area contributed by atoms with Crippen LogP contribution in [0, 0.1) is 0 Å². The third kappa shape index (κ3) is 5.64. The van der Waals surface area contributed by atoms with Crippen LogP contribution in [0.1, 0.15) is 34.7 Å². The molecule has 0 amide bonds.